The lowest BCUT2D eigenvalue weighted by Gasteiger charge is -2.35. The largest absolute Gasteiger partial charge is 0.493 e. The molecular weight excluding hydrogens is 426 g/mol. The van der Waals surface area contributed by atoms with Crippen molar-refractivity contribution in [3.8, 4) is 5.75 Å². The van der Waals surface area contributed by atoms with Crippen molar-refractivity contribution >= 4 is 11.6 Å². The van der Waals surface area contributed by atoms with Gasteiger partial charge in [-0.2, -0.15) is 0 Å². The highest BCUT2D eigenvalue weighted by atomic mass is 16.5. The maximum absolute atomic E-state index is 12.5. The van der Waals surface area contributed by atoms with E-state index in [0.717, 1.165) is 48.7 Å². The Morgan fingerprint density at radius 3 is 2.18 bits per heavy atom. The number of β-amino-alcohol motifs (C(OH)–C–C–N with tert-alkyl or cyclic N) is 1. The average molecular weight is 468 g/mol. The van der Waals surface area contributed by atoms with Crippen molar-refractivity contribution in [3.05, 3.63) is 59.2 Å². The number of nitrogens with one attached hydrogen (secondary N) is 1. The van der Waals surface area contributed by atoms with Crippen LogP contribution in [0.15, 0.2) is 42.5 Å². The predicted octanol–water partition coefficient (Wildman–Crippen LogP) is 3.99. The fraction of sp³-hybridized carbons (Fsp3) is 0.536. The van der Waals surface area contributed by atoms with Crippen LogP contribution >= 0.6 is 0 Å². The maximum Gasteiger partial charge on any atom is 0.238 e. The molecule has 1 unspecified atom stereocenters. The molecule has 1 fully saturated rings. The second-order valence-corrected chi connectivity index (χ2v) is 10.5. The number of hydrogen-bond acceptors (Lipinski definition) is 5. The summed E-state index contributed by atoms with van der Waals surface area (Å²) in [5, 5.41) is 13.5. The van der Waals surface area contributed by atoms with Crippen LogP contribution in [0.4, 0.5) is 5.69 Å². The lowest BCUT2D eigenvalue weighted by Crippen LogP contribution is -2.50. The number of aliphatic hydroxyl groups excluding tert-OH is 1. The predicted molar refractivity (Wildman–Crippen MR) is 139 cm³/mol. The van der Waals surface area contributed by atoms with E-state index >= 15 is 0 Å². The summed E-state index contributed by atoms with van der Waals surface area (Å²) >= 11 is 0. The summed E-state index contributed by atoms with van der Waals surface area (Å²) in [5.41, 5.74) is 4.49. The molecule has 1 heterocycles. The highest BCUT2D eigenvalue weighted by Crippen LogP contribution is 2.24. The molecule has 186 valence electrons. The third-order valence-electron chi connectivity index (χ3n) is 6.49. The topological polar surface area (TPSA) is 65.0 Å². The van der Waals surface area contributed by atoms with Gasteiger partial charge < -0.3 is 15.2 Å². The number of para-hydroxylation sites is 1. The Balaban J connectivity index is 1.33. The van der Waals surface area contributed by atoms with E-state index in [1.165, 1.54) is 5.56 Å². The van der Waals surface area contributed by atoms with Crippen molar-refractivity contribution in [3.63, 3.8) is 0 Å². The summed E-state index contributed by atoms with van der Waals surface area (Å²) in [6.45, 7) is 15.5. The van der Waals surface area contributed by atoms with Crippen LogP contribution in [-0.4, -0.2) is 72.8 Å². The molecule has 0 aromatic heterocycles. The van der Waals surface area contributed by atoms with Crippen molar-refractivity contribution < 1.29 is 14.6 Å². The number of anilines is 1. The molecule has 1 saturated heterocycles. The molecule has 1 amide bonds. The lowest BCUT2D eigenvalue weighted by atomic mass is 9.87. The van der Waals surface area contributed by atoms with Crippen LogP contribution in [0.2, 0.25) is 0 Å². The third kappa shape index (κ3) is 7.83. The summed E-state index contributed by atoms with van der Waals surface area (Å²) in [4.78, 5) is 17.0. The molecule has 2 aromatic carbocycles. The van der Waals surface area contributed by atoms with Crippen LogP contribution in [0.5, 0.6) is 5.75 Å². The SMILES string of the molecule is Cc1cccc(C)c1NC(=O)CN1CCN(CC(O)CCOc2ccc(C(C)(C)C)cc2)CC1. The second kappa shape index (κ2) is 11.8. The molecule has 2 aromatic rings. The van der Waals surface area contributed by atoms with Gasteiger partial charge in [-0.15, -0.1) is 0 Å². The van der Waals surface area contributed by atoms with E-state index in [2.05, 4.69) is 48.0 Å². The Kier molecular flexibility index (Phi) is 9.11. The molecule has 3 rings (SSSR count). The van der Waals surface area contributed by atoms with Gasteiger partial charge in [-0.1, -0.05) is 51.1 Å². The minimum absolute atomic E-state index is 0.0265. The number of carbonyl (C=O) groups is 1. The Morgan fingerprint density at radius 1 is 1.00 bits per heavy atom. The zero-order valence-corrected chi connectivity index (χ0v) is 21.4. The number of benzene rings is 2. The minimum Gasteiger partial charge on any atom is -0.493 e. The number of aryl methyl sites for hydroxylation is 2. The summed E-state index contributed by atoms with van der Waals surface area (Å²) in [6.07, 6.45) is 0.173. The molecule has 1 aliphatic rings. The van der Waals surface area contributed by atoms with Crippen LogP contribution in [0.3, 0.4) is 0 Å². The fourth-order valence-corrected chi connectivity index (χ4v) is 4.28. The number of hydrogen-bond donors (Lipinski definition) is 2. The molecular formula is C28H41N3O3. The van der Waals surface area contributed by atoms with Crippen molar-refractivity contribution in [2.75, 3.05) is 51.2 Å². The molecule has 2 N–H and O–H groups in total. The number of carbonyl (C=O) groups excluding carboxylic acids is 1. The first-order valence-electron chi connectivity index (χ1n) is 12.3. The molecule has 0 radical (unpaired) electrons. The van der Waals surface area contributed by atoms with Gasteiger partial charge in [0.15, 0.2) is 0 Å². The van der Waals surface area contributed by atoms with E-state index in [1.807, 2.05) is 44.2 Å². The summed E-state index contributed by atoms with van der Waals surface area (Å²) in [7, 11) is 0. The van der Waals surface area contributed by atoms with Crippen LogP contribution in [-0.2, 0) is 10.2 Å². The van der Waals surface area contributed by atoms with E-state index in [9.17, 15) is 9.90 Å². The van der Waals surface area contributed by atoms with Crippen LogP contribution < -0.4 is 10.1 Å². The van der Waals surface area contributed by atoms with Crippen LogP contribution in [0.1, 0.15) is 43.9 Å². The molecule has 0 aliphatic carbocycles. The quantitative estimate of drug-likeness (QED) is 0.584. The first kappa shape index (κ1) is 26.2. The maximum atomic E-state index is 12.5. The van der Waals surface area contributed by atoms with E-state index < -0.39 is 6.10 Å². The summed E-state index contributed by atoms with van der Waals surface area (Å²) < 4.78 is 5.83. The van der Waals surface area contributed by atoms with Crippen molar-refractivity contribution in [2.24, 2.45) is 0 Å². The Bertz CT molecular complexity index is 909. The van der Waals surface area contributed by atoms with Crippen LogP contribution in [0, 0.1) is 13.8 Å². The highest BCUT2D eigenvalue weighted by molar-refractivity contribution is 5.93. The Labute approximate surface area is 204 Å². The van der Waals surface area contributed by atoms with Crippen molar-refractivity contribution in [2.45, 2.75) is 52.6 Å². The van der Waals surface area contributed by atoms with Gasteiger partial charge in [0.25, 0.3) is 0 Å². The second-order valence-electron chi connectivity index (χ2n) is 10.5. The molecule has 1 atom stereocenters. The number of amides is 1. The zero-order chi connectivity index (χ0) is 24.7. The van der Waals surface area contributed by atoms with Gasteiger partial charge in [-0.3, -0.25) is 14.6 Å². The first-order valence-corrected chi connectivity index (χ1v) is 12.3. The molecule has 6 nitrogen and oxygen atoms in total. The number of rotatable bonds is 9. The third-order valence-corrected chi connectivity index (χ3v) is 6.49. The van der Waals surface area contributed by atoms with E-state index in [4.69, 9.17) is 4.74 Å². The fourth-order valence-electron chi connectivity index (χ4n) is 4.28. The lowest BCUT2D eigenvalue weighted by molar-refractivity contribution is -0.117. The summed E-state index contributed by atoms with van der Waals surface area (Å²) in [5.74, 6) is 0.867. The Hall–Kier alpha value is -2.41. The number of ether oxygens (including phenoxy) is 1. The average Bonchev–Trinajstić information content (AvgIpc) is 2.77. The monoisotopic (exact) mass is 467 g/mol. The number of piperazine rings is 1. The molecule has 0 saturated carbocycles. The van der Waals surface area contributed by atoms with Gasteiger partial charge in [0.1, 0.15) is 5.75 Å². The number of aliphatic hydroxyl groups is 1. The number of nitrogens with zero attached hydrogens (tertiary/aromatic N) is 2. The molecule has 0 bridgehead atoms. The normalized spacial score (nSPS) is 16.3. The van der Waals surface area contributed by atoms with E-state index in [0.29, 0.717) is 26.1 Å². The standard InChI is InChI=1S/C28H41N3O3/c1-21-7-6-8-22(2)27(21)29-26(33)20-31-16-14-30(15-17-31)19-24(32)13-18-34-25-11-9-23(10-12-25)28(3,4)5/h6-12,24,32H,13-20H2,1-5H3,(H,29,33). The van der Waals surface area contributed by atoms with Gasteiger partial charge in [0.05, 0.1) is 19.3 Å². The molecule has 0 spiro atoms. The van der Waals surface area contributed by atoms with Gasteiger partial charge in [-0.25, -0.2) is 0 Å². The van der Waals surface area contributed by atoms with E-state index in [1.54, 1.807) is 0 Å². The highest BCUT2D eigenvalue weighted by Gasteiger charge is 2.21. The van der Waals surface area contributed by atoms with Gasteiger partial charge >= 0.3 is 0 Å². The minimum atomic E-state index is -0.423. The van der Waals surface area contributed by atoms with E-state index in [-0.39, 0.29) is 11.3 Å². The van der Waals surface area contributed by atoms with Crippen molar-refractivity contribution in [1.82, 2.24) is 9.80 Å². The first-order chi connectivity index (χ1) is 16.1. The molecule has 34 heavy (non-hydrogen) atoms. The van der Waals surface area contributed by atoms with Gasteiger partial charge in [-0.05, 0) is 48.1 Å². The van der Waals surface area contributed by atoms with Crippen molar-refractivity contribution in [1.29, 1.82) is 0 Å². The molecule has 6 heteroatoms. The Morgan fingerprint density at radius 2 is 1.59 bits per heavy atom. The molecule has 1 aliphatic heterocycles. The smallest absolute Gasteiger partial charge is 0.238 e. The van der Waals surface area contributed by atoms with Gasteiger partial charge in [0, 0.05) is 44.8 Å². The zero-order valence-electron chi connectivity index (χ0n) is 21.4. The van der Waals surface area contributed by atoms with Gasteiger partial charge in [0.2, 0.25) is 5.91 Å². The van der Waals surface area contributed by atoms with Crippen LogP contribution in [0.25, 0.3) is 0 Å². The summed E-state index contributed by atoms with van der Waals surface area (Å²) in [6, 6.07) is 14.2.